The Kier molecular flexibility index (Phi) is 4.07. The van der Waals surface area contributed by atoms with E-state index < -0.39 is 0 Å². The Morgan fingerprint density at radius 1 is 1.05 bits per heavy atom. The van der Waals surface area contributed by atoms with Gasteiger partial charge in [-0.15, -0.1) is 0 Å². The SMILES string of the molecule is Cc1ccc(NN=CC2=C(Cl)c3ccccc3CC2)cc1. The maximum Gasteiger partial charge on any atom is 0.0561 e. The second-order valence-electron chi connectivity index (χ2n) is 5.23. The minimum absolute atomic E-state index is 0.811. The molecule has 0 unspecified atom stereocenters. The Labute approximate surface area is 130 Å². The smallest absolute Gasteiger partial charge is 0.0561 e. The van der Waals surface area contributed by atoms with Crippen molar-refractivity contribution in [3.8, 4) is 0 Å². The first-order chi connectivity index (χ1) is 10.2. The number of hydrogen-bond donors (Lipinski definition) is 1. The van der Waals surface area contributed by atoms with Gasteiger partial charge in [-0.2, -0.15) is 5.10 Å². The van der Waals surface area contributed by atoms with E-state index >= 15 is 0 Å². The highest BCUT2D eigenvalue weighted by atomic mass is 35.5. The van der Waals surface area contributed by atoms with E-state index in [1.54, 1.807) is 0 Å². The topological polar surface area (TPSA) is 24.4 Å². The molecule has 3 rings (SSSR count). The highest BCUT2D eigenvalue weighted by molar-refractivity contribution is 6.50. The lowest BCUT2D eigenvalue weighted by atomic mass is 9.92. The summed E-state index contributed by atoms with van der Waals surface area (Å²) < 4.78 is 0. The number of nitrogens with zero attached hydrogens (tertiary/aromatic N) is 1. The molecule has 0 aromatic heterocycles. The Bertz CT molecular complexity index is 699. The fourth-order valence-electron chi connectivity index (χ4n) is 2.44. The van der Waals surface area contributed by atoms with Crippen LogP contribution in [0.1, 0.15) is 23.1 Å². The molecular weight excluding hydrogens is 280 g/mol. The zero-order chi connectivity index (χ0) is 14.7. The molecule has 0 radical (unpaired) electrons. The first-order valence-corrected chi connectivity index (χ1v) is 7.44. The fourth-order valence-corrected chi connectivity index (χ4v) is 2.77. The molecule has 3 heteroatoms. The first kappa shape index (κ1) is 13.9. The molecule has 0 fully saturated rings. The zero-order valence-corrected chi connectivity index (χ0v) is 12.7. The summed E-state index contributed by atoms with van der Waals surface area (Å²) in [5, 5.41) is 5.11. The number of benzene rings is 2. The summed E-state index contributed by atoms with van der Waals surface area (Å²) in [6.07, 6.45) is 3.77. The maximum atomic E-state index is 6.48. The summed E-state index contributed by atoms with van der Waals surface area (Å²) >= 11 is 6.48. The van der Waals surface area contributed by atoms with Crippen LogP contribution in [0.15, 0.2) is 59.2 Å². The van der Waals surface area contributed by atoms with E-state index in [4.69, 9.17) is 11.6 Å². The monoisotopic (exact) mass is 296 g/mol. The van der Waals surface area contributed by atoms with Gasteiger partial charge in [0.1, 0.15) is 0 Å². The lowest BCUT2D eigenvalue weighted by Gasteiger charge is -2.17. The minimum Gasteiger partial charge on any atom is -0.279 e. The summed E-state index contributed by atoms with van der Waals surface area (Å²) in [5.41, 5.74) is 8.77. The second-order valence-corrected chi connectivity index (χ2v) is 5.61. The van der Waals surface area contributed by atoms with Crippen molar-refractivity contribution in [3.05, 3.63) is 70.8 Å². The van der Waals surface area contributed by atoms with E-state index in [9.17, 15) is 0 Å². The Morgan fingerprint density at radius 2 is 1.81 bits per heavy atom. The van der Waals surface area contributed by atoms with Crippen molar-refractivity contribution < 1.29 is 0 Å². The predicted molar refractivity (Wildman–Crippen MR) is 90.8 cm³/mol. The van der Waals surface area contributed by atoms with Crippen LogP contribution >= 0.6 is 11.6 Å². The van der Waals surface area contributed by atoms with Gasteiger partial charge in [0.25, 0.3) is 0 Å². The van der Waals surface area contributed by atoms with E-state index in [-0.39, 0.29) is 0 Å². The third-order valence-corrected chi connectivity index (χ3v) is 4.11. The fraction of sp³-hybridized carbons (Fsp3) is 0.167. The van der Waals surface area contributed by atoms with Gasteiger partial charge >= 0.3 is 0 Å². The zero-order valence-electron chi connectivity index (χ0n) is 11.9. The van der Waals surface area contributed by atoms with Crippen LogP contribution in [-0.2, 0) is 6.42 Å². The van der Waals surface area contributed by atoms with Crippen LogP contribution < -0.4 is 5.43 Å². The third kappa shape index (κ3) is 3.17. The number of halogens is 1. The van der Waals surface area contributed by atoms with Crippen molar-refractivity contribution in [2.24, 2.45) is 5.10 Å². The molecule has 21 heavy (non-hydrogen) atoms. The van der Waals surface area contributed by atoms with Crippen LogP contribution in [0.5, 0.6) is 0 Å². The molecular formula is C18H17ClN2. The highest BCUT2D eigenvalue weighted by Crippen LogP contribution is 2.33. The van der Waals surface area contributed by atoms with E-state index in [2.05, 4.69) is 47.8 Å². The molecule has 2 aromatic rings. The summed E-state index contributed by atoms with van der Waals surface area (Å²) in [7, 11) is 0. The number of nitrogens with one attached hydrogen (secondary N) is 1. The molecule has 0 spiro atoms. The van der Waals surface area contributed by atoms with Gasteiger partial charge in [-0.05, 0) is 48.6 Å². The van der Waals surface area contributed by atoms with Gasteiger partial charge < -0.3 is 0 Å². The van der Waals surface area contributed by atoms with Gasteiger partial charge in [0, 0.05) is 0 Å². The van der Waals surface area contributed by atoms with Crippen molar-refractivity contribution in [2.45, 2.75) is 19.8 Å². The van der Waals surface area contributed by atoms with Crippen molar-refractivity contribution in [1.82, 2.24) is 0 Å². The molecule has 1 aliphatic carbocycles. The maximum absolute atomic E-state index is 6.48. The van der Waals surface area contributed by atoms with E-state index in [1.165, 1.54) is 11.1 Å². The molecule has 0 heterocycles. The lowest BCUT2D eigenvalue weighted by Crippen LogP contribution is -2.04. The highest BCUT2D eigenvalue weighted by Gasteiger charge is 2.15. The van der Waals surface area contributed by atoms with Crippen LogP contribution in [0, 0.1) is 6.92 Å². The third-order valence-electron chi connectivity index (χ3n) is 3.67. The number of rotatable bonds is 3. The quantitative estimate of drug-likeness (QED) is 0.626. The number of aryl methyl sites for hydroxylation is 2. The molecule has 0 bridgehead atoms. The summed E-state index contributed by atoms with van der Waals surface area (Å²) in [4.78, 5) is 0. The van der Waals surface area contributed by atoms with Crippen molar-refractivity contribution in [3.63, 3.8) is 0 Å². The van der Waals surface area contributed by atoms with Crippen LogP contribution in [-0.4, -0.2) is 6.21 Å². The van der Waals surface area contributed by atoms with Gasteiger partial charge in [-0.25, -0.2) is 0 Å². The van der Waals surface area contributed by atoms with E-state index in [0.29, 0.717) is 0 Å². The molecule has 1 aliphatic rings. The largest absolute Gasteiger partial charge is 0.279 e. The average molecular weight is 297 g/mol. The molecule has 2 aromatic carbocycles. The number of allylic oxidation sites excluding steroid dienone is 1. The molecule has 0 atom stereocenters. The van der Waals surface area contributed by atoms with Crippen LogP contribution in [0.3, 0.4) is 0 Å². The molecule has 0 aliphatic heterocycles. The van der Waals surface area contributed by atoms with Crippen molar-refractivity contribution in [2.75, 3.05) is 5.43 Å². The molecule has 106 valence electrons. The molecule has 0 amide bonds. The molecule has 0 saturated carbocycles. The van der Waals surface area contributed by atoms with Gasteiger partial charge in [0.2, 0.25) is 0 Å². The number of hydrazone groups is 1. The van der Waals surface area contributed by atoms with Gasteiger partial charge in [-0.3, -0.25) is 5.43 Å². The van der Waals surface area contributed by atoms with Crippen LogP contribution in [0.4, 0.5) is 5.69 Å². The van der Waals surface area contributed by atoms with Crippen molar-refractivity contribution >= 4 is 28.5 Å². The summed E-state index contributed by atoms with van der Waals surface area (Å²) in [6.45, 7) is 2.07. The predicted octanol–water partition coefficient (Wildman–Crippen LogP) is 4.99. The number of anilines is 1. The Balaban J connectivity index is 1.76. The summed E-state index contributed by atoms with van der Waals surface area (Å²) in [6, 6.07) is 16.4. The lowest BCUT2D eigenvalue weighted by molar-refractivity contribution is 0.960. The first-order valence-electron chi connectivity index (χ1n) is 7.07. The Morgan fingerprint density at radius 3 is 2.62 bits per heavy atom. The Hall–Kier alpha value is -2.06. The number of fused-ring (bicyclic) bond motifs is 1. The summed E-state index contributed by atoms with van der Waals surface area (Å²) in [5.74, 6) is 0. The van der Waals surface area contributed by atoms with Gasteiger partial charge in [0.05, 0.1) is 16.9 Å². The molecule has 2 nitrogen and oxygen atoms in total. The normalized spacial score (nSPS) is 14.4. The van der Waals surface area contributed by atoms with Gasteiger partial charge in [0.15, 0.2) is 0 Å². The number of hydrogen-bond acceptors (Lipinski definition) is 2. The van der Waals surface area contributed by atoms with E-state index in [0.717, 1.165) is 34.7 Å². The van der Waals surface area contributed by atoms with Crippen LogP contribution in [0.2, 0.25) is 0 Å². The van der Waals surface area contributed by atoms with Gasteiger partial charge in [-0.1, -0.05) is 53.6 Å². The molecule has 1 N–H and O–H groups in total. The molecule has 0 saturated heterocycles. The van der Waals surface area contributed by atoms with E-state index in [1.807, 2.05) is 24.4 Å². The average Bonchev–Trinajstić information content (AvgIpc) is 2.52. The van der Waals surface area contributed by atoms with Crippen LogP contribution in [0.25, 0.3) is 5.03 Å². The minimum atomic E-state index is 0.811. The second kappa shape index (κ2) is 6.15. The van der Waals surface area contributed by atoms with Crippen molar-refractivity contribution in [1.29, 1.82) is 0 Å². The standard InChI is InChI=1S/C18H17ClN2/c1-13-6-10-16(11-7-13)21-20-12-15-9-8-14-4-2-3-5-17(14)18(15)19/h2-7,10-12,21H,8-9H2,1H3.